The van der Waals surface area contributed by atoms with Gasteiger partial charge in [0.1, 0.15) is 0 Å². The van der Waals surface area contributed by atoms with E-state index in [1.807, 2.05) is 0 Å². The zero-order valence-corrected chi connectivity index (χ0v) is 62.7. The molecule has 2 atom stereocenters. The molecule has 23 nitrogen and oxygen atoms in total. The summed E-state index contributed by atoms with van der Waals surface area (Å²) >= 11 is 0. The fourth-order valence-corrected chi connectivity index (χ4v) is 8.56. The van der Waals surface area contributed by atoms with Crippen LogP contribution in [0.4, 0.5) is 0 Å². The standard InChI is InChI=1S/C16H32O5.C16H32O3.C14H28O6.C14H28O5.C14H28O4/c1-3-5-7-15(4-2)14-21-13-12-20-11-10-19-9-6-8-16(17)18;1-2-3-4-5-6-7-8-9-10-11-14-19-15-12-13-16(17)18;1-2-3-6-17-8-10-19-12-13-20-11-9-18-7-4-5-14(15)16;1-2-3-4-5-8-17-10-12-19-13-11-18-9-6-7-14(15)16;1-3-5-7-13(4-2)12-18-11-10-17-9-6-8-14(15)16/h15H,3-14H2,1-2H3,(H,17,18);2-15H2,1H3,(H,17,18);2-13H2,1H3,(H,15,16);2-13H2,1H3,(H,15,16);13H,3-12H2,1-2H3,(H,15,16). The minimum absolute atomic E-state index is 0.148. The Hall–Kier alpha value is -3.17. The summed E-state index contributed by atoms with van der Waals surface area (Å²) in [4.78, 5) is 51.2. The Morgan fingerprint density at radius 3 is 0.608 bits per heavy atom. The van der Waals surface area contributed by atoms with Crippen molar-refractivity contribution in [3.05, 3.63) is 0 Å². The Balaban J connectivity index is -0.000000364. The SMILES string of the molecule is CCCCC(CC)COCCOCCCC(=O)O.CCCCC(CC)COCCOCCOCCCC(=O)O.CCCCCCCCCCCCOCCCC(=O)O.CCCCCCOCCOCCOCCCC(=O)O.CCCCOCCOCCOCCOCCCC(=O)O. The van der Waals surface area contributed by atoms with Gasteiger partial charge >= 0.3 is 29.8 Å². The Labute approximate surface area is 589 Å². The van der Waals surface area contributed by atoms with Crippen LogP contribution in [0.1, 0.15) is 267 Å². The van der Waals surface area contributed by atoms with Crippen molar-refractivity contribution in [2.45, 2.75) is 267 Å². The van der Waals surface area contributed by atoms with Gasteiger partial charge in [-0.15, -0.1) is 0 Å². The summed E-state index contributed by atoms with van der Waals surface area (Å²) in [7, 11) is 0. The molecule has 0 amide bonds. The summed E-state index contributed by atoms with van der Waals surface area (Å²) in [6.45, 7) is 30.9. The van der Waals surface area contributed by atoms with Gasteiger partial charge in [-0.2, -0.15) is 0 Å². The zero-order chi connectivity index (χ0) is 72.7. The van der Waals surface area contributed by atoms with Crippen LogP contribution in [-0.4, -0.2) is 227 Å². The van der Waals surface area contributed by atoms with E-state index in [2.05, 4.69) is 48.5 Å². The predicted molar refractivity (Wildman–Crippen MR) is 383 cm³/mol. The molecular formula is C74H148O23. The monoisotopic (exact) mass is 1410 g/mol. The van der Waals surface area contributed by atoms with Crippen LogP contribution in [-0.2, 0) is 85.6 Å². The van der Waals surface area contributed by atoms with Gasteiger partial charge in [-0.25, -0.2) is 0 Å². The van der Waals surface area contributed by atoms with Crippen molar-refractivity contribution in [2.75, 3.05) is 172 Å². The molecule has 0 heterocycles. The predicted octanol–water partition coefficient (Wildman–Crippen LogP) is 15.2. The number of hydrogen-bond acceptors (Lipinski definition) is 18. The number of aliphatic carboxylic acids is 5. The summed E-state index contributed by atoms with van der Waals surface area (Å²) in [5, 5.41) is 42.2. The smallest absolute Gasteiger partial charge is 0.303 e. The third-order valence-corrected chi connectivity index (χ3v) is 14.6. The number of rotatable bonds is 75. The minimum atomic E-state index is -0.791. The lowest BCUT2D eigenvalue weighted by Gasteiger charge is -2.14. The van der Waals surface area contributed by atoms with Gasteiger partial charge in [0.25, 0.3) is 0 Å². The van der Waals surface area contributed by atoms with Crippen LogP contribution in [0.25, 0.3) is 0 Å². The molecule has 0 aliphatic heterocycles. The second-order valence-electron chi connectivity index (χ2n) is 23.8. The maximum absolute atomic E-state index is 10.3. The largest absolute Gasteiger partial charge is 0.481 e. The highest BCUT2D eigenvalue weighted by molar-refractivity contribution is 5.67. The van der Waals surface area contributed by atoms with E-state index in [4.69, 9.17) is 87.1 Å². The number of carboxylic acid groups (broad SMARTS) is 5. The molecule has 0 aliphatic rings. The van der Waals surface area contributed by atoms with Crippen LogP contribution in [0.5, 0.6) is 0 Å². The lowest BCUT2D eigenvalue weighted by Crippen LogP contribution is -2.14. The zero-order valence-electron chi connectivity index (χ0n) is 62.7. The van der Waals surface area contributed by atoms with Gasteiger partial charge in [-0.1, -0.05) is 170 Å². The normalized spacial score (nSPS) is 11.5. The average Bonchev–Trinajstić information content (AvgIpc) is 3.79. The van der Waals surface area contributed by atoms with Crippen molar-refractivity contribution in [1.29, 1.82) is 0 Å². The van der Waals surface area contributed by atoms with Crippen molar-refractivity contribution in [3.8, 4) is 0 Å². The molecule has 0 fully saturated rings. The molecule has 0 saturated heterocycles. The molecule has 2 unspecified atom stereocenters. The van der Waals surface area contributed by atoms with E-state index in [1.54, 1.807) is 0 Å². The van der Waals surface area contributed by atoms with Gasteiger partial charge in [0, 0.05) is 98.2 Å². The number of unbranched alkanes of at least 4 members (excludes halogenated alkanes) is 15. The molecule has 0 saturated carbocycles. The second kappa shape index (κ2) is 94.9. The molecule has 0 spiro atoms. The van der Waals surface area contributed by atoms with E-state index < -0.39 is 29.8 Å². The first-order valence-corrected chi connectivity index (χ1v) is 37.8. The fourth-order valence-electron chi connectivity index (χ4n) is 8.56. The van der Waals surface area contributed by atoms with Crippen LogP contribution >= 0.6 is 0 Å². The Bertz CT molecular complexity index is 1490. The van der Waals surface area contributed by atoms with E-state index in [0.29, 0.717) is 183 Å². The minimum Gasteiger partial charge on any atom is -0.481 e. The van der Waals surface area contributed by atoms with Crippen LogP contribution in [0.15, 0.2) is 0 Å². The lowest BCUT2D eigenvalue weighted by molar-refractivity contribution is -0.138. The Kier molecular flexibility index (Phi) is 100. The van der Waals surface area contributed by atoms with Crippen LogP contribution in [0, 0.1) is 11.8 Å². The Morgan fingerprint density at radius 1 is 0.206 bits per heavy atom. The molecule has 0 rings (SSSR count). The second-order valence-corrected chi connectivity index (χ2v) is 23.8. The third-order valence-electron chi connectivity index (χ3n) is 14.6. The van der Waals surface area contributed by atoms with Gasteiger partial charge in [0.15, 0.2) is 0 Å². The molecule has 23 heteroatoms. The van der Waals surface area contributed by atoms with Gasteiger partial charge in [0.05, 0.1) is 106 Å². The third kappa shape index (κ3) is 112. The van der Waals surface area contributed by atoms with E-state index >= 15 is 0 Å². The molecule has 0 aromatic carbocycles. The van der Waals surface area contributed by atoms with Gasteiger partial charge < -0.3 is 87.1 Å². The van der Waals surface area contributed by atoms with Crippen molar-refractivity contribution in [3.63, 3.8) is 0 Å². The van der Waals surface area contributed by atoms with Crippen molar-refractivity contribution in [1.82, 2.24) is 0 Å². The molecule has 5 N–H and O–H groups in total. The van der Waals surface area contributed by atoms with E-state index in [0.717, 1.165) is 58.7 Å². The summed E-state index contributed by atoms with van der Waals surface area (Å²) < 4.78 is 69.7. The highest BCUT2D eigenvalue weighted by Gasteiger charge is 2.08. The summed E-state index contributed by atoms with van der Waals surface area (Å²) in [5.41, 5.74) is 0. The number of ether oxygens (including phenoxy) is 13. The number of carboxylic acids is 5. The highest BCUT2D eigenvalue weighted by Crippen LogP contribution is 2.14. The molecule has 0 bridgehead atoms. The quantitative estimate of drug-likeness (QED) is 0.0353. The molecule has 0 aromatic heterocycles. The fraction of sp³-hybridized carbons (Fsp3) is 0.932. The van der Waals surface area contributed by atoms with E-state index in [1.165, 1.54) is 128 Å². The molecule has 582 valence electrons. The van der Waals surface area contributed by atoms with Crippen molar-refractivity contribution < 1.29 is 111 Å². The molecule has 97 heavy (non-hydrogen) atoms. The summed E-state index contributed by atoms with van der Waals surface area (Å²) in [6.07, 6.45) is 34.0. The van der Waals surface area contributed by atoms with Crippen LogP contribution in [0.2, 0.25) is 0 Å². The van der Waals surface area contributed by atoms with E-state index in [9.17, 15) is 24.0 Å². The molecule has 0 aliphatic carbocycles. The average molecular weight is 1410 g/mol. The van der Waals surface area contributed by atoms with Crippen molar-refractivity contribution in [2.24, 2.45) is 11.8 Å². The van der Waals surface area contributed by atoms with Crippen LogP contribution < -0.4 is 0 Å². The number of carbonyl (C=O) groups is 5. The summed E-state index contributed by atoms with van der Waals surface area (Å²) in [6, 6.07) is 0. The Morgan fingerprint density at radius 2 is 0.381 bits per heavy atom. The molecule has 0 radical (unpaired) electrons. The van der Waals surface area contributed by atoms with E-state index in [-0.39, 0.29) is 32.1 Å². The first kappa shape index (κ1) is 102. The highest BCUT2D eigenvalue weighted by atomic mass is 16.6. The lowest BCUT2D eigenvalue weighted by atomic mass is 10.0. The van der Waals surface area contributed by atoms with Crippen LogP contribution in [0.3, 0.4) is 0 Å². The maximum Gasteiger partial charge on any atom is 0.303 e. The van der Waals surface area contributed by atoms with Gasteiger partial charge in [-0.3, -0.25) is 24.0 Å². The number of hydrogen-bond donors (Lipinski definition) is 5. The molecular weight excluding hydrogens is 1260 g/mol. The first-order chi connectivity index (χ1) is 47.2. The molecule has 0 aromatic rings. The maximum atomic E-state index is 10.3. The van der Waals surface area contributed by atoms with Crippen molar-refractivity contribution >= 4 is 29.8 Å². The van der Waals surface area contributed by atoms with Gasteiger partial charge in [0.2, 0.25) is 0 Å². The van der Waals surface area contributed by atoms with Gasteiger partial charge in [-0.05, 0) is 76.0 Å². The summed E-state index contributed by atoms with van der Waals surface area (Å²) in [5.74, 6) is -2.52. The topological polar surface area (TPSA) is 306 Å². The first-order valence-electron chi connectivity index (χ1n) is 37.8.